The van der Waals surface area contributed by atoms with Crippen molar-refractivity contribution in [3.8, 4) is 0 Å². The summed E-state index contributed by atoms with van der Waals surface area (Å²) in [6.07, 6.45) is 7.28. The molecule has 0 N–H and O–H groups in total. The Morgan fingerprint density at radius 2 is 1.06 bits per heavy atom. The van der Waals surface area contributed by atoms with Crippen LogP contribution in [0.5, 0.6) is 0 Å². The van der Waals surface area contributed by atoms with Crippen LogP contribution in [0.25, 0.3) is 0 Å². The molecule has 0 rings (SSSR count). The van der Waals surface area contributed by atoms with Gasteiger partial charge in [0.1, 0.15) is 0 Å². The molecule has 0 saturated heterocycles. The molecule has 0 aliphatic rings. The molecule has 0 fully saturated rings. The van der Waals surface area contributed by atoms with Gasteiger partial charge in [0, 0.05) is 0 Å². The Morgan fingerprint density at radius 1 is 0.647 bits per heavy atom. The minimum absolute atomic E-state index is 0.900. The van der Waals surface area contributed by atoms with Crippen LogP contribution in [0.2, 0.25) is 10.5 Å². The number of hydrogen-bond donors (Lipinski definition) is 0. The molecular weight excluding hydrogens is 273 g/mol. The van der Waals surface area contributed by atoms with E-state index in [1.165, 1.54) is 36.2 Å². The predicted octanol–water partition coefficient (Wildman–Crippen LogP) is 4.88. The summed E-state index contributed by atoms with van der Waals surface area (Å²) >= 11 is -2.43. The van der Waals surface area contributed by atoms with Crippen LogP contribution in [0.3, 0.4) is 0 Å². The molecule has 0 heterocycles. The monoisotopic (exact) mass is 306 g/mol. The van der Waals surface area contributed by atoms with Gasteiger partial charge in [-0.1, -0.05) is 0 Å². The third-order valence-corrected chi connectivity index (χ3v) is 10.7. The zero-order valence-corrected chi connectivity index (χ0v) is 14.5. The number of unbranched alkanes of at least 4 members (excludes halogenated alkanes) is 2. The van der Waals surface area contributed by atoms with Crippen LogP contribution in [-0.4, -0.2) is 27.2 Å². The zero-order valence-electron chi connectivity index (χ0n) is 12.4. The van der Waals surface area contributed by atoms with Crippen molar-refractivity contribution < 1.29 is 7.53 Å². The van der Waals surface area contributed by atoms with Gasteiger partial charge in [0.2, 0.25) is 0 Å². The first-order chi connectivity index (χ1) is 8.24. The summed E-state index contributed by atoms with van der Waals surface area (Å²) in [6.45, 7) is 10.7. The van der Waals surface area contributed by atoms with Gasteiger partial charge in [-0.15, -0.1) is 0 Å². The first-order valence-corrected chi connectivity index (χ1v) is 12.2. The molecule has 0 radical (unpaired) electrons. The standard InChI is InChI=1S/C14H32GeO2/c1-5-9-11-15(12-10-6-2,16-13-7-3)17-14-8-4/h5-14H2,1-4H3. The SMILES string of the molecule is CCC[CH2][Ge]([CH2]CCC)([O]CCC)[O]CCC. The van der Waals surface area contributed by atoms with Crippen molar-refractivity contribution in [2.45, 2.75) is 76.7 Å². The van der Waals surface area contributed by atoms with Gasteiger partial charge >= 0.3 is 111 Å². The van der Waals surface area contributed by atoms with Gasteiger partial charge in [-0.3, -0.25) is 0 Å². The molecule has 0 aliphatic heterocycles. The Kier molecular flexibility index (Phi) is 11.9. The molecule has 0 unspecified atom stereocenters. The van der Waals surface area contributed by atoms with E-state index in [0.717, 1.165) is 26.1 Å². The predicted molar refractivity (Wildman–Crippen MR) is 77.7 cm³/mol. The molecule has 0 aromatic rings. The van der Waals surface area contributed by atoms with E-state index >= 15 is 0 Å². The number of hydrogen-bond acceptors (Lipinski definition) is 2. The fraction of sp³-hybridized carbons (Fsp3) is 1.00. The van der Waals surface area contributed by atoms with E-state index in [1.807, 2.05) is 0 Å². The van der Waals surface area contributed by atoms with Crippen LogP contribution in [0, 0.1) is 0 Å². The van der Waals surface area contributed by atoms with Crippen LogP contribution in [0.15, 0.2) is 0 Å². The summed E-state index contributed by atoms with van der Waals surface area (Å²) in [5.41, 5.74) is 0. The van der Waals surface area contributed by atoms with Crippen LogP contribution >= 0.6 is 0 Å². The van der Waals surface area contributed by atoms with Crippen molar-refractivity contribution in [1.29, 1.82) is 0 Å². The first kappa shape index (κ1) is 17.5. The van der Waals surface area contributed by atoms with Crippen molar-refractivity contribution in [2.75, 3.05) is 13.2 Å². The molecule has 2 nitrogen and oxygen atoms in total. The zero-order chi connectivity index (χ0) is 13.0. The van der Waals surface area contributed by atoms with Crippen molar-refractivity contribution >= 4 is 13.9 Å². The van der Waals surface area contributed by atoms with Gasteiger partial charge in [-0.05, 0) is 0 Å². The Bertz CT molecular complexity index is 125. The second kappa shape index (κ2) is 11.5. The average Bonchev–Trinajstić information content (AvgIpc) is 2.37. The Labute approximate surface area is 112 Å². The number of rotatable bonds is 12. The van der Waals surface area contributed by atoms with Gasteiger partial charge < -0.3 is 0 Å². The van der Waals surface area contributed by atoms with E-state index in [-0.39, 0.29) is 0 Å². The topological polar surface area (TPSA) is 18.5 Å². The normalized spacial score (nSPS) is 12.0. The van der Waals surface area contributed by atoms with Crippen molar-refractivity contribution in [2.24, 2.45) is 0 Å². The van der Waals surface area contributed by atoms with E-state index < -0.39 is 13.9 Å². The third-order valence-electron chi connectivity index (χ3n) is 2.96. The maximum atomic E-state index is 6.25. The summed E-state index contributed by atoms with van der Waals surface area (Å²) in [6, 6.07) is 0. The fourth-order valence-corrected chi connectivity index (χ4v) is 10.00. The van der Waals surface area contributed by atoms with Gasteiger partial charge in [0.05, 0.1) is 0 Å². The Morgan fingerprint density at radius 3 is 1.35 bits per heavy atom. The van der Waals surface area contributed by atoms with E-state index in [1.54, 1.807) is 0 Å². The summed E-state index contributed by atoms with van der Waals surface area (Å²) < 4.78 is 12.5. The van der Waals surface area contributed by atoms with Gasteiger partial charge in [-0.25, -0.2) is 0 Å². The van der Waals surface area contributed by atoms with E-state index in [4.69, 9.17) is 7.53 Å². The Balaban J connectivity index is 4.39. The molecule has 0 saturated carbocycles. The molecule has 3 heteroatoms. The van der Waals surface area contributed by atoms with Crippen LogP contribution in [0.1, 0.15) is 66.2 Å². The summed E-state index contributed by atoms with van der Waals surface area (Å²) in [7, 11) is 0. The Hall–Kier alpha value is 0.463. The quantitative estimate of drug-likeness (QED) is 0.478. The van der Waals surface area contributed by atoms with Crippen LogP contribution < -0.4 is 0 Å². The molecular formula is C14H32GeO2. The van der Waals surface area contributed by atoms with Crippen LogP contribution in [-0.2, 0) is 7.53 Å². The fourth-order valence-electron chi connectivity index (χ4n) is 1.92. The van der Waals surface area contributed by atoms with E-state index in [0.29, 0.717) is 0 Å². The second-order valence-electron chi connectivity index (χ2n) is 4.81. The molecule has 0 atom stereocenters. The summed E-state index contributed by atoms with van der Waals surface area (Å²) in [5.74, 6) is 0. The van der Waals surface area contributed by atoms with Crippen molar-refractivity contribution in [3.05, 3.63) is 0 Å². The van der Waals surface area contributed by atoms with Gasteiger partial charge in [-0.2, -0.15) is 0 Å². The van der Waals surface area contributed by atoms with E-state index in [2.05, 4.69) is 27.7 Å². The first-order valence-electron chi connectivity index (χ1n) is 7.52. The molecule has 0 amide bonds. The minimum atomic E-state index is -2.43. The third kappa shape index (κ3) is 8.22. The molecule has 0 aromatic heterocycles. The molecule has 17 heavy (non-hydrogen) atoms. The maximum absolute atomic E-state index is 6.25. The molecule has 0 spiro atoms. The van der Waals surface area contributed by atoms with E-state index in [9.17, 15) is 0 Å². The molecule has 104 valence electrons. The van der Waals surface area contributed by atoms with Gasteiger partial charge in [0.25, 0.3) is 0 Å². The summed E-state index contributed by atoms with van der Waals surface area (Å²) in [4.78, 5) is 0. The summed E-state index contributed by atoms with van der Waals surface area (Å²) in [5, 5.41) is 2.47. The van der Waals surface area contributed by atoms with Crippen LogP contribution in [0.4, 0.5) is 0 Å². The molecule has 0 aromatic carbocycles. The van der Waals surface area contributed by atoms with Crippen molar-refractivity contribution in [3.63, 3.8) is 0 Å². The average molecular weight is 305 g/mol. The molecule has 0 aliphatic carbocycles. The van der Waals surface area contributed by atoms with Crippen molar-refractivity contribution in [1.82, 2.24) is 0 Å². The second-order valence-corrected chi connectivity index (χ2v) is 11.9. The molecule has 0 bridgehead atoms. The van der Waals surface area contributed by atoms with Gasteiger partial charge in [0.15, 0.2) is 0 Å².